The highest BCUT2D eigenvalue weighted by atomic mass is 32.1. The molecule has 1 aromatic heterocycles. The zero-order valence-electron chi connectivity index (χ0n) is 11.0. The van der Waals surface area contributed by atoms with E-state index in [1.807, 2.05) is 17.6 Å². The van der Waals surface area contributed by atoms with Gasteiger partial charge >= 0.3 is 0 Å². The van der Waals surface area contributed by atoms with E-state index < -0.39 is 0 Å². The van der Waals surface area contributed by atoms with Crippen molar-refractivity contribution in [3.63, 3.8) is 0 Å². The van der Waals surface area contributed by atoms with Gasteiger partial charge in [0.15, 0.2) is 0 Å². The summed E-state index contributed by atoms with van der Waals surface area (Å²) in [5.41, 5.74) is 9.45. The molecule has 4 nitrogen and oxygen atoms in total. The highest BCUT2D eigenvalue weighted by Gasteiger charge is 2.24. The summed E-state index contributed by atoms with van der Waals surface area (Å²) in [5.74, 6) is 0.750. The molecule has 2 aromatic rings. The largest absolute Gasteiger partial charge is 0.488 e. The molecule has 1 aliphatic carbocycles. The van der Waals surface area contributed by atoms with Gasteiger partial charge in [0.25, 0.3) is 0 Å². The summed E-state index contributed by atoms with van der Waals surface area (Å²) in [6.07, 6.45) is 4.76. The van der Waals surface area contributed by atoms with E-state index in [2.05, 4.69) is 4.98 Å². The van der Waals surface area contributed by atoms with Crippen LogP contribution >= 0.6 is 11.3 Å². The number of fused-ring (bicyclic) bond motifs is 1. The number of ether oxygens (including phenoxy) is 2. The first-order chi connectivity index (χ1) is 9.28. The van der Waals surface area contributed by atoms with Crippen LogP contribution < -0.4 is 10.5 Å². The van der Waals surface area contributed by atoms with Crippen molar-refractivity contribution >= 4 is 27.2 Å². The van der Waals surface area contributed by atoms with Gasteiger partial charge < -0.3 is 15.2 Å². The highest BCUT2D eigenvalue weighted by Crippen LogP contribution is 2.34. The number of aromatic nitrogens is 1. The third-order valence-corrected chi connectivity index (χ3v) is 4.50. The standard InChI is InChI=1S/C14H18N2O2S/c1-17-9-3-2-4-10(7-9)18-11-5-6-12-14(13(11)15)16-8-19-12/h5-6,8-10H,2-4,7,15H2,1H3. The number of hydrogen-bond acceptors (Lipinski definition) is 5. The molecule has 102 valence electrons. The number of nitrogens with two attached hydrogens (primary N) is 1. The van der Waals surface area contributed by atoms with E-state index in [0.29, 0.717) is 11.8 Å². The molecule has 0 amide bonds. The van der Waals surface area contributed by atoms with Crippen molar-refractivity contribution in [1.29, 1.82) is 0 Å². The maximum atomic E-state index is 6.14. The predicted molar refractivity (Wildman–Crippen MR) is 77.7 cm³/mol. The highest BCUT2D eigenvalue weighted by molar-refractivity contribution is 7.16. The number of hydrogen-bond donors (Lipinski definition) is 1. The first-order valence-corrected chi connectivity index (χ1v) is 7.47. The molecule has 0 saturated heterocycles. The summed E-state index contributed by atoms with van der Waals surface area (Å²) in [6, 6.07) is 3.97. The van der Waals surface area contributed by atoms with Crippen molar-refractivity contribution in [1.82, 2.24) is 4.98 Å². The van der Waals surface area contributed by atoms with Gasteiger partial charge in [0.1, 0.15) is 23.1 Å². The number of nitrogen functional groups attached to an aromatic ring is 1. The van der Waals surface area contributed by atoms with Crippen LogP contribution in [0.15, 0.2) is 17.6 Å². The molecule has 2 atom stereocenters. The lowest BCUT2D eigenvalue weighted by Gasteiger charge is -2.29. The van der Waals surface area contributed by atoms with Crippen LogP contribution in [-0.4, -0.2) is 24.3 Å². The van der Waals surface area contributed by atoms with Gasteiger partial charge in [-0.2, -0.15) is 0 Å². The van der Waals surface area contributed by atoms with E-state index in [9.17, 15) is 0 Å². The minimum Gasteiger partial charge on any atom is -0.488 e. The van der Waals surface area contributed by atoms with Crippen LogP contribution in [0, 0.1) is 0 Å². The van der Waals surface area contributed by atoms with Gasteiger partial charge in [0, 0.05) is 13.5 Å². The van der Waals surface area contributed by atoms with Crippen LogP contribution in [0.4, 0.5) is 5.69 Å². The summed E-state index contributed by atoms with van der Waals surface area (Å²) in [4.78, 5) is 4.29. The minimum absolute atomic E-state index is 0.192. The number of rotatable bonds is 3. The second-order valence-corrected chi connectivity index (χ2v) is 5.83. The molecule has 5 heteroatoms. The van der Waals surface area contributed by atoms with Gasteiger partial charge in [0.2, 0.25) is 0 Å². The Bertz CT molecular complexity index is 570. The minimum atomic E-state index is 0.192. The van der Waals surface area contributed by atoms with Crippen molar-refractivity contribution in [2.24, 2.45) is 0 Å². The van der Waals surface area contributed by atoms with Crippen LogP contribution in [-0.2, 0) is 4.74 Å². The second-order valence-electron chi connectivity index (χ2n) is 4.94. The van der Waals surface area contributed by atoms with Crippen LogP contribution in [0.25, 0.3) is 10.2 Å². The topological polar surface area (TPSA) is 57.4 Å². The molecular weight excluding hydrogens is 260 g/mol. The summed E-state index contributed by atoms with van der Waals surface area (Å²) >= 11 is 1.59. The lowest BCUT2D eigenvalue weighted by Crippen LogP contribution is -2.29. The normalized spacial score (nSPS) is 23.6. The summed E-state index contributed by atoms with van der Waals surface area (Å²) in [7, 11) is 1.77. The van der Waals surface area contributed by atoms with Gasteiger partial charge in [0.05, 0.1) is 16.3 Å². The van der Waals surface area contributed by atoms with E-state index in [1.165, 1.54) is 0 Å². The number of anilines is 1. The Morgan fingerprint density at radius 3 is 3.00 bits per heavy atom. The zero-order valence-corrected chi connectivity index (χ0v) is 11.8. The van der Waals surface area contributed by atoms with Gasteiger partial charge in [-0.1, -0.05) is 0 Å². The third kappa shape index (κ3) is 2.53. The van der Waals surface area contributed by atoms with Crippen LogP contribution in [0.3, 0.4) is 0 Å². The fourth-order valence-corrected chi connectivity index (χ4v) is 3.33. The van der Waals surface area contributed by atoms with Gasteiger partial charge in [-0.05, 0) is 31.4 Å². The van der Waals surface area contributed by atoms with Crippen molar-refractivity contribution < 1.29 is 9.47 Å². The van der Waals surface area contributed by atoms with Crippen molar-refractivity contribution in [2.45, 2.75) is 37.9 Å². The molecule has 0 aliphatic heterocycles. The molecule has 0 spiro atoms. The maximum Gasteiger partial charge on any atom is 0.144 e. The number of nitrogens with zero attached hydrogens (tertiary/aromatic N) is 1. The molecule has 1 saturated carbocycles. The van der Waals surface area contributed by atoms with Crippen LogP contribution in [0.2, 0.25) is 0 Å². The summed E-state index contributed by atoms with van der Waals surface area (Å²) < 4.78 is 12.6. The molecule has 2 N–H and O–H groups in total. The molecule has 1 aromatic carbocycles. The summed E-state index contributed by atoms with van der Waals surface area (Å²) in [5, 5.41) is 0. The fraction of sp³-hybridized carbons (Fsp3) is 0.500. The van der Waals surface area contributed by atoms with Crippen molar-refractivity contribution in [3.05, 3.63) is 17.6 Å². The van der Waals surface area contributed by atoms with Gasteiger partial charge in [-0.25, -0.2) is 4.98 Å². The van der Waals surface area contributed by atoms with Crippen LogP contribution in [0.1, 0.15) is 25.7 Å². The smallest absolute Gasteiger partial charge is 0.144 e. The monoisotopic (exact) mass is 278 g/mol. The molecule has 0 bridgehead atoms. The third-order valence-electron chi connectivity index (χ3n) is 3.71. The van der Waals surface area contributed by atoms with E-state index in [0.717, 1.165) is 41.6 Å². The van der Waals surface area contributed by atoms with E-state index in [4.69, 9.17) is 15.2 Å². The average molecular weight is 278 g/mol. The Labute approximate surface area is 116 Å². The first kappa shape index (κ1) is 12.7. The molecule has 1 aliphatic rings. The van der Waals surface area contributed by atoms with Crippen molar-refractivity contribution in [2.75, 3.05) is 12.8 Å². The Kier molecular flexibility index (Phi) is 3.57. The second kappa shape index (κ2) is 5.35. The van der Waals surface area contributed by atoms with Crippen LogP contribution in [0.5, 0.6) is 5.75 Å². The molecule has 0 radical (unpaired) electrons. The molecule has 2 unspecified atom stereocenters. The fourth-order valence-electron chi connectivity index (χ4n) is 2.64. The summed E-state index contributed by atoms with van der Waals surface area (Å²) in [6.45, 7) is 0. The van der Waals surface area contributed by atoms with E-state index in [-0.39, 0.29) is 6.10 Å². The number of methoxy groups -OCH3 is 1. The van der Waals surface area contributed by atoms with Gasteiger partial charge in [-0.15, -0.1) is 11.3 Å². The zero-order chi connectivity index (χ0) is 13.2. The SMILES string of the molecule is COC1CCCC(Oc2ccc3scnc3c2N)C1. The molecule has 1 heterocycles. The molecule has 3 rings (SSSR count). The maximum absolute atomic E-state index is 6.14. The Morgan fingerprint density at radius 2 is 2.16 bits per heavy atom. The Morgan fingerprint density at radius 1 is 1.32 bits per heavy atom. The molecule has 1 fully saturated rings. The van der Waals surface area contributed by atoms with Crippen molar-refractivity contribution in [3.8, 4) is 5.75 Å². The Hall–Kier alpha value is -1.33. The quantitative estimate of drug-likeness (QED) is 0.876. The number of thiazole rings is 1. The lowest BCUT2D eigenvalue weighted by atomic mass is 9.95. The lowest BCUT2D eigenvalue weighted by molar-refractivity contribution is 0.0212. The number of benzene rings is 1. The Balaban J connectivity index is 1.79. The first-order valence-electron chi connectivity index (χ1n) is 6.59. The van der Waals surface area contributed by atoms with E-state index in [1.54, 1.807) is 18.4 Å². The molecular formula is C14H18N2O2S. The molecule has 19 heavy (non-hydrogen) atoms. The van der Waals surface area contributed by atoms with Gasteiger partial charge in [-0.3, -0.25) is 0 Å². The average Bonchev–Trinajstić information content (AvgIpc) is 2.91. The predicted octanol–water partition coefficient (Wildman–Crippen LogP) is 3.21. The van der Waals surface area contributed by atoms with E-state index >= 15 is 0 Å².